The van der Waals surface area contributed by atoms with E-state index in [1.54, 1.807) is 0 Å². The largest absolute Gasteiger partial charge is 0.466 e. The first-order chi connectivity index (χ1) is 24.6. The van der Waals surface area contributed by atoms with Crippen molar-refractivity contribution in [3.63, 3.8) is 0 Å². The average Bonchev–Trinajstić information content (AvgIpc) is 3.12. The van der Waals surface area contributed by atoms with Crippen molar-refractivity contribution in [3.8, 4) is 0 Å². The van der Waals surface area contributed by atoms with Gasteiger partial charge in [0.25, 0.3) is 0 Å². The molecule has 0 amide bonds. The van der Waals surface area contributed by atoms with E-state index in [4.69, 9.17) is 9.47 Å². The van der Waals surface area contributed by atoms with Crippen molar-refractivity contribution in [2.75, 3.05) is 26.4 Å². The summed E-state index contributed by atoms with van der Waals surface area (Å²) in [6.07, 6.45) is 41.6. The topological polar surface area (TPSA) is 93.1 Å². The number of unbranched alkanes of at least 4 members (excludes halogenated alkanes) is 21. The predicted molar refractivity (Wildman–Crippen MR) is 211 cm³/mol. The highest BCUT2D eigenvalue weighted by atomic mass is 16.5. The zero-order chi connectivity index (χ0) is 36.6. The van der Waals surface area contributed by atoms with Gasteiger partial charge in [-0.25, -0.2) is 0 Å². The monoisotopic (exact) mass is 707 g/mol. The molecule has 6 heteroatoms. The van der Waals surface area contributed by atoms with Crippen LogP contribution in [0.3, 0.4) is 0 Å². The number of aliphatic hydroxyl groups excluding tert-OH is 2. The van der Waals surface area contributed by atoms with Crippen molar-refractivity contribution in [2.45, 2.75) is 206 Å². The Morgan fingerprint density at radius 1 is 0.460 bits per heavy atom. The molecule has 0 radical (unpaired) electrons. The van der Waals surface area contributed by atoms with Crippen molar-refractivity contribution in [2.24, 2.45) is 11.8 Å². The molecule has 6 nitrogen and oxygen atoms in total. The normalized spacial score (nSPS) is 13.0. The number of esters is 2. The van der Waals surface area contributed by atoms with E-state index in [2.05, 4.69) is 38.2 Å². The van der Waals surface area contributed by atoms with Crippen LogP contribution in [0.1, 0.15) is 206 Å². The summed E-state index contributed by atoms with van der Waals surface area (Å²) in [6, 6.07) is 0. The van der Waals surface area contributed by atoms with Gasteiger partial charge < -0.3 is 19.7 Å². The van der Waals surface area contributed by atoms with E-state index in [0.717, 1.165) is 109 Å². The van der Waals surface area contributed by atoms with Crippen LogP contribution in [0.15, 0.2) is 24.3 Å². The summed E-state index contributed by atoms with van der Waals surface area (Å²) in [6.45, 7) is 5.92. The van der Waals surface area contributed by atoms with Crippen LogP contribution in [0.5, 0.6) is 0 Å². The predicted octanol–water partition coefficient (Wildman–Crippen LogP) is 12.1. The number of allylic oxidation sites excluding steroid dienone is 2. The van der Waals surface area contributed by atoms with Gasteiger partial charge in [0.05, 0.1) is 13.2 Å². The molecule has 2 atom stereocenters. The van der Waals surface area contributed by atoms with Gasteiger partial charge in [0.1, 0.15) is 0 Å². The van der Waals surface area contributed by atoms with Crippen LogP contribution in [-0.4, -0.2) is 48.6 Å². The maximum Gasteiger partial charge on any atom is 0.305 e. The van der Waals surface area contributed by atoms with Crippen LogP contribution in [0.25, 0.3) is 0 Å². The summed E-state index contributed by atoms with van der Waals surface area (Å²) in [5, 5.41) is 19.2. The highest BCUT2D eigenvalue weighted by molar-refractivity contribution is 5.69. The molecule has 0 aromatic carbocycles. The van der Waals surface area contributed by atoms with Crippen LogP contribution >= 0.6 is 0 Å². The van der Waals surface area contributed by atoms with Crippen molar-refractivity contribution >= 4 is 11.9 Å². The molecule has 0 spiro atoms. The van der Waals surface area contributed by atoms with Crippen molar-refractivity contribution in [3.05, 3.63) is 24.3 Å². The third-order valence-electron chi connectivity index (χ3n) is 9.71. The van der Waals surface area contributed by atoms with Crippen LogP contribution in [0, 0.1) is 11.8 Å². The summed E-state index contributed by atoms with van der Waals surface area (Å²) in [4.78, 5) is 24.0. The fourth-order valence-corrected chi connectivity index (χ4v) is 6.29. The van der Waals surface area contributed by atoms with Crippen molar-refractivity contribution in [1.82, 2.24) is 0 Å². The first-order valence-corrected chi connectivity index (χ1v) is 21.4. The smallest absolute Gasteiger partial charge is 0.305 e. The minimum Gasteiger partial charge on any atom is -0.466 e. The van der Waals surface area contributed by atoms with Crippen LogP contribution in [0.2, 0.25) is 0 Å². The number of carbonyl (C=O) groups excluding carboxylic acids is 2. The summed E-state index contributed by atoms with van der Waals surface area (Å²) >= 11 is 0. The lowest BCUT2D eigenvalue weighted by molar-refractivity contribution is -0.145. The Bertz CT molecular complexity index is 778. The molecule has 0 saturated carbocycles. The standard InChI is InChI=1S/C44H82O6/c1-3-5-7-9-11-16-24-32-42(40-46)34-26-18-14-20-28-36-44(48)50-38-30-22-21-29-37-49-43(47)35-27-19-13-12-17-25-33-41(39-45)31-23-15-10-8-6-4-2/h24-25,32-33,41-42,45-46H,3-23,26-31,34-40H2,1-2H3/b32-24+,33-25+. The lowest BCUT2D eigenvalue weighted by Crippen LogP contribution is -2.07. The Morgan fingerprint density at radius 2 is 0.800 bits per heavy atom. The number of aliphatic hydroxyl groups is 2. The highest BCUT2D eigenvalue weighted by Crippen LogP contribution is 2.16. The van der Waals surface area contributed by atoms with E-state index in [9.17, 15) is 19.8 Å². The van der Waals surface area contributed by atoms with E-state index in [-0.39, 0.29) is 31.1 Å². The Hall–Kier alpha value is -1.66. The molecule has 0 aromatic heterocycles. The zero-order valence-electron chi connectivity index (χ0n) is 33.0. The molecule has 0 rings (SSSR count). The van der Waals surface area contributed by atoms with Gasteiger partial charge in [-0.3, -0.25) is 9.59 Å². The fourth-order valence-electron chi connectivity index (χ4n) is 6.29. The van der Waals surface area contributed by atoms with Crippen molar-refractivity contribution in [1.29, 1.82) is 0 Å². The zero-order valence-corrected chi connectivity index (χ0v) is 33.0. The summed E-state index contributed by atoms with van der Waals surface area (Å²) in [5.74, 6) is 0.399. The third kappa shape index (κ3) is 36.1. The number of ether oxygens (including phenoxy) is 2. The first kappa shape index (κ1) is 48.3. The molecule has 2 N–H and O–H groups in total. The molecular weight excluding hydrogens is 624 g/mol. The highest BCUT2D eigenvalue weighted by Gasteiger charge is 2.06. The molecular formula is C44H82O6. The summed E-state index contributed by atoms with van der Waals surface area (Å²) < 4.78 is 10.8. The number of hydrogen-bond acceptors (Lipinski definition) is 6. The maximum atomic E-state index is 12.0. The van der Waals surface area contributed by atoms with Gasteiger partial charge in [0, 0.05) is 26.1 Å². The van der Waals surface area contributed by atoms with E-state index >= 15 is 0 Å². The summed E-state index contributed by atoms with van der Waals surface area (Å²) in [7, 11) is 0. The summed E-state index contributed by atoms with van der Waals surface area (Å²) in [5.41, 5.74) is 0. The molecule has 0 heterocycles. The van der Waals surface area contributed by atoms with Crippen LogP contribution < -0.4 is 0 Å². The number of hydrogen-bond donors (Lipinski definition) is 2. The maximum absolute atomic E-state index is 12.0. The van der Waals surface area contributed by atoms with Gasteiger partial charge in [0.2, 0.25) is 0 Å². The van der Waals surface area contributed by atoms with E-state index < -0.39 is 0 Å². The quantitative estimate of drug-likeness (QED) is 0.0375. The Kier molecular flexibility index (Phi) is 38.8. The average molecular weight is 707 g/mol. The Morgan fingerprint density at radius 3 is 1.20 bits per heavy atom. The van der Waals surface area contributed by atoms with Crippen LogP contribution in [-0.2, 0) is 19.1 Å². The van der Waals surface area contributed by atoms with E-state index in [0.29, 0.717) is 32.0 Å². The molecule has 0 aliphatic carbocycles. The second-order valence-corrected chi connectivity index (χ2v) is 14.6. The molecule has 2 unspecified atom stereocenters. The molecule has 0 aliphatic heterocycles. The first-order valence-electron chi connectivity index (χ1n) is 21.4. The van der Waals surface area contributed by atoms with E-state index in [1.165, 1.54) is 70.6 Å². The van der Waals surface area contributed by atoms with E-state index in [1.807, 2.05) is 0 Å². The van der Waals surface area contributed by atoms with Gasteiger partial charge in [-0.1, -0.05) is 141 Å². The molecule has 0 bridgehead atoms. The minimum absolute atomic E-state index is 0.0929. The Balaban J connectivity index is 3.52. The third-order valence-corrected chi connectivity index (χ3v) is 9.71. The van der Waals surface area contributed by atoms with Crippen LogP contribution in [0.4, 0.5) is 0 Å². The minimum atomic E-state index is -0.0929. The second kappa shape index (κ2) is 40.1. The molecule has 0 saturated heterocycles. The molecule has 0 aromatic rings. The number of carbonyl (C=O) groups is 2. The van der Waals surface area contributed by atoms with Gasteiger partial charge >= 0.3 is 11.9 Å². The lowest BCUT2D eigenvalue weighted by atomic mass is 9.99. The van der Waals surface area contributed by atoms with Gasteiger partial charge in [-0.15, -0.1) is 0 Å². The SMILES string of the molecule is CCCCCCC/C=C/C(CO)CCCCCCCC(=O)OCCCCCCOC(=O)CCCCCC/C=C/C(CO)CCCCCCCC. The van der Waals surface area contributed by atoms with Crippen molar-refractivity contribution < 1.29 is 29.3 Å². The fraction of sp³-hybridized carbons (Fsp3) is 0.864. The van der Waals surface area contributed by atoms with Gasteiger partial charge in [0.15, 0.2) is 0 Å². The number of rotatable bonds is 39. The molecule has 294 valence electrons. The second-order valence-electron chi connectivity index (χ2n) is 14.6. The van der Waals surface area contributed by atoms with Gasteiger partial charge in [-0.05, 0) is 88.9 Å². The molecule has 50 heavy (non-hydrogen) atoms. The molecule has 0 fully saturated rings. The lowest BCUT2D eigenvalue weighted by Gasteiger charge is -2.09. The Labute approximate surface area is 309 Å². The van der Waals surface area contributed by atoms with Gasteiger partial charge in [-0.2, -0.15) is 0 Å². The molecule has 0 aliphatic rings.